The summed E-state index contributed by atoms with van der Waals surface area (Å²) in [6, 6.07) is 0.354. The summed E-state index contributed by atoms with van der Waals surface area (Å²) in [7, 11) is 0. The summed E-state index contributed by atoms with van der Waals surface area (Å²) in [6.45, 7) is 4.21. The molecule has 0 unspecified atom stereocenters. The second-order valence-corrected chi connectivity index (χ2v) is 6.13. The molecule has 21 heavy (non-hydrogen) atoms. The highest BCUT2D eigenvalue weighted by Gasteiger charge is 2.30. The third kappa shape index (κ3) is 2.31. The largest absolute Gasteiger partial charge is 0.382 e. The molecule has 2 aromatic rings. The van der Waals surface area contributed by atoms with Crippen LogP contribution in [0.15, 0.2) is 0 Å². The first-order chi connectivity index (χ1) is 9.99. The van der Waals surface area contributed by atoms with Crippen LogP contribution in [0.3, 0.4) is 0 Å². The van der Waals surface area contributed by atoms with Gasteiger partial charge in [0.1, 0.15) is 5.82 Å². The maximum atomic E-state index is 6.32. The van der Waals surface area contributed by atoms with Crippen LogP contribution >= 0.6 is 0 Å². The molecule has 0 aromatic carbocycles. The van der Waals surface area contributed by atoms with Gasteiger partial charge in [0.05, 0.1) is 0 Å². The number of hydrogen-bond acceptors (Lipinski definition) is 6. The third-order valence-electron chi connectivity index (χ3n) is 4.28. The molecule has 1 saturated carbocycles. The van der Waals surface area contributed by atoms with E-state index in [-0.39, 0.29) is 23.9 Å². The van der Waals surface area contributed by atoms with Crippen LogP contribution < -0.4 is 17.2 Å². The number of fused-ring (bicyclic) bond motifs is 1. The summed E-state index contributed by atoms with van der Waals surface area (Å²) < 4.78 is 2.11. The third-order valence-corrected chi connectivity index (χ3v) is 4.28. The summed E-state index contributed by atoms with van der Waals surface area (Å²) >= 11 is 0. The maximum absolute atomic E-state index is 6.32. The lowest BCUT2D eigenvalue weighted by Gasteiger charge is -2.29. The van der Waals surface area contributed by atoms with Crippen LogP contribution in [-0.4, -0.2) is 25.6 Å². The van der Waals surface area contributed by atoms with Gasteiger partial charge in [-0.2, -0.15) is 9.97 Å². The summed E-state index contributed by atoms with van der Waals surface area (Å²) in [6.07, 6.45) is 4.47. The van der Waals surface area contributed by atoms with Crippen molar-refractivity contribution in [3.05, 3.63) is 5.82 Å². The lowest BCUT2D eigenvalue weighted by molar-refractivity contribution is 0.360. The molecular weight excluding hydrogens is 266 g/mol. The minimum Gasteiger partial charge on any atom is -0.382 e. The molecule has 1 fully saturated rings. The fourth-order valence-corrected chi connectivity index (χ4v) is 3.28. The molecule has 6 N–H and O–H groups in total. The molecule has 1 aliphatic rings. The Balaban J connectivity index is 2.22. The van der Waals surface area contributed by atoms with E-state index in [0.29, 0.717) is 17.0 Å². The van der Waals surface area contributed by atoms with Gasteiger partial charge in [0.2, 0.25) is 5.95 Å². The van der Waals surface area contributed by atoms with E-state index in [1.165, 1.54) is 12.8 Å². The van der Waals surface area contributed by atoms with Crippen molar-refractivity contribution in [3.8, 4) is 0 Å². The zero-order valence-corrected chi connectivity index (χ0v) is 12.6. The lowest BCUT2D eigenvalue weighted by atomic mass is 9.84. The minimum absolute atomic E-state index is 0.139. The maximum Gasteiger partial charge on any atom is 0.224 e. The van der Waals surface area contributed by atoms with Gasteiger partial charge in [-0.1, -0.05) is 12.8 Å². The Hall–Kier alpha value is -1.89. The highest BCUT2D eigenvalue weighted by molar-refractivity contribution is 5.83. The topological polar surface area (TPSA) is 122 Å². The first kappa shape index (κ1) is 14.1. The molecular formula is C14H23N7. The number of hydrogen-bond donors (Lipinski definition) is 3. The van der Waals surface area contributed by atoms with E-state index < -0.39 is 0 Å². The van der Waals surface area contributed by atoms with Gasteiger partial charge in [-0.25, -0.2) is 4.98 Å². The van der Waals surface area contributed by atoms with Gasteiger partial charge >= 0.3 is 0 Å². The van der Waals surface area contributed by atoms with Crippen LogP contribution in [0.5, 0.6) is 0 Å². The summed E-state index contributed by atoms with van der Waals surface area (Å²) in [4.78, 5) is 13.1. The predicted molar refractivity (Wildman–Crippen MR) is 83.7 cm³/mol. The van der Waals surface area contributed by atoms with Crippen molar-refractivity contribution >= 4 is 22.9 Å². The second kappa shape index (κ2) is 5.14. The molecule has 3 rings (SSSR count). The molecule has 1 aliphatic carbocycles. The number of nitrogen functional groups attached to an aromatic ring is 2. The number of nitrogens with two attached hydrogens (primary N) is 3. The highest BCUT2D eigenvalue weighted by atomic mass is 15.2. The van der Waals surface area contributed by atoms with E-state index >= 15 is 0 Å². The van der Waals surface area contributed by atoms with E-state index in [9.17, 15) is 0 Å². The number of anilines is 2. The second-order valence-electron chi connectivity index (χ2n) is 6.13. The monoisotopic (exact) mass is 289 g/mol. The van der Waals surface area contributed by atoms with Crippen molar-refractivity contribution in [2.45, 2.75) is 57.5 Å². The normalized spacial score (nSPS) is 23.0. The molecule has 0 spiro atoms. The number of imidazole rings is 1. The van der Waals surface area contributed by atoms with Gasteiger partial charge in [0.25, 0.3) is 0 Å². The van der Waals surface area contributed by atoms with Gasteiger partial charge in [-0.05, 0) is 26.7 Å². The Kier molecular flexibility index (Phi) is 3.44. The first-order valence-electron chi connectivity index (χ1n) is 7.55. The van der Waals surface area contributed by atoms with Crippen LogP contribution in [0.1, 0.15) is 57.3 Å². The van der Waals surface area contributed by atoms with Crippen LogP contribution in [0, 0.1) is 0 Å². The van der Waals surface area contributed by atoms with Crippen LogP contribution in [-0.2, 0) is 0 Å². The average molecular weight is 289 g/mol. The van der Waals surface area contributed by atoms with Gasteiger partial charge in [0, 0.05) is 18.0 Å². The Morgan fingerprint density at radius 3 is 2.48 bits per heavy atom. The van der Waals surface area contributed by atoms with E-state index in [4.69, 9.17) is 22.2 Å². The molecule has 0 bridgehead atoms. The molecule has 7 nitrogen and oxygen atoms in total. The summed E-state index contributed by atoms with van der Waals surface area (Å²) in [5, 5.41) is 0. The van der Waals surface area contributed by atoms with Crippen LogP contribution in [0.4, 0.5) is 11.8 Å². The Labute approximate surface area is 123 Å². The fourth-order valence-electron chi connectivity index (χ4n) is 3.28. The Morgan fingerprint density at radius 2 is 1.81 bits per heavy atom. The SMILES string of the molecule is CC(C)n1c([C@H]2CCCC[C@@H]2N)nc2c(N)nc(N)nc21. The molecule has 2 aromatic heterocycles. The smallest absolute Gasteiger partial charge is 0.224 e. The van der Waals surface area contributed by atoms with E-state index in [0.717, 1.165) is 18.7 Å². The predicted octanol–water partition coefficient (Wildman–Crippen LogP) is 1.56. The highest BCUT2D eigenvalue weighted by Crippen LogP contribution is 2.35. The Bertz CT molecular complexity index is 661. The first-order valence-corrected chi connectivity index (χ1v) is 7.55. The van der Waals surface area contributed by atoms with Crippen LogP contribution in [0.25, 0.3) is 11.2 Å². The molecule has 114 valence electrons. The van der Waals surface area contributed by atoms with Crippen molar-refractivity contribution in [3.63, 3.8) is 0 Å². The van der Waals surface area contributed by atoms with Crippen molar-refractivity contribution < 1.29 is 0 Å². The fraction of sp³-hybridized carbons (Fsp3) is 0.643. The van der Waals surface area contributed by atoms with Crippen molar-refractivity contribution in [1.29, 1.82) is 0 Å². The molecule has 2 heterocycles. The van der Waals surface area contributed by atoms with Gasteiger partial charge in [0.15, 0.2) is 17.0 Å². The minimum atomic E-state index is 0.139. The van der Waals surface area contributed by atoms with Crippen molar-refractivity contribution in [2.24, 2.45) is 5.73 Å². The molecule has 0 radical (unpaired) electrons. The zero-order valence-electron chi connectivity index (χ0n) is 12.6. The Morgan fingerprint density at radius 1 is 1.10 bits per heavy atom. The molecule has 2 atom stereocenters. The quantitative estimate of drug-likeness (QED) is 0.771. The van der Waals surface area contributed by atoms with E-state index in [2.05, 4.69) is 28.4 Å². The van der Waals surface area contributed by atoms with E-state index in [1.54, 1.807) is 0 Å². The van der Waals surface area contributed by atoms with E-state index in [1.807, 2.05) is 0 Å². The number of rotatable bonds is 2. The zero-order chi connectivity index (χ0) is 15.1. The lowest BCUT2D eigenvalue weighted by Crippen LogP contribution is -2.33. The van der Waals surface area contributed by atoms with Gasteiger partial charge < -0.3 is 21.8 Å². The van der Waals surface area contributed by atoms with Gasteiger partial charge in [-0.3, -0.25) is 0 Å². The summed E-state index contributed by atoms with van der Waals surface area (Å²) in [5.74, 6) is 1.73. The summed E-state index contributed by atoms with van der Waals surface area (Å²) in [5.41, 5.74) is 19.4. The van der Waals surface area contributed by atoms with Gasteiger partial charge in [-0.15, -0.1) is 0 Å². The molecule has 7 heteroatoms. The van der Waals surface area contributed by atoms with Crippen molar-refractivity contribution in [2.75, 3.05) is 11.5 Å². The number of nitrogens with zero attached hydrogens (tertiary/aromatic N) is 4. The van der Waals surface area contributed by atoms with Crippen molar-refractivity contribution in [1.82, 2.24) is 19.5 Å². The number of aromatic nitrogens is 4. The average Bonchev–Trinajstić information content (AvgIpc) is 2.78. The van der Waals surface area contributed by atoms with Crippen LogP contribution in [0.2, 0.25) is 0 Å². The standard InChI is InChI=1S/C14H23N7/c1-7(2)21-12(8-5-3-4-6-9(8)15)18-10-11(16)19-14(17)20-13(10)21/h7-9H,3-6,15H2,1-2H3,(H4,16,17,19,20)/t8-,9-/m0/s1. The molecule has 0 aliphatic heterocycles. The molecule has 0 amide bonds. The molecule has 0 saturated heterocycles.